The van der Waals surface area contributed by atoms with Crippen LogP contribution < -0.4 is 5.32 Å². The minimum Gasteiger partial charge on any atom is -0.396 e. The number of hydrogen-bond acceptors (Lipinski definition) is 2. The van der Waals surface area contributed by atoms with Gasteiger partial charge in [-0.15, -0.1) is 0 Å². The summed E-state index contributed by atoms with van der Waals surface area (Å²) in [6, 6.07) is 0. The summed E-state index contributed by atoms with van der Waals surface area (Å²) in [5.41, 5.74) is 0. The fourth-order valence-corrected chi connectivity index (χ4v) is 3.07. The average molecular weight is 169 g/mol. The van der Waals surface area contributed by atoms with Crippen LogP contribution in [0.3, 0.4) is 0 Å². The zero-order valence-corrected chi connectivity index (χ0v) is 7.79. The van der Waals surface area contributed by atoms with Gasteiger partial charge in [-0.1, -0.05) is 6.92 Å². The Kier molecular flexibility index (Phi) is 2.37. The van der Waals surface area contributed by atoms with Crippen LogP contribution >= 0.6 is 0 Å². The van der Waals surface area contributed by atoms with Gasteiger partial charge in [-0.3, -0.25) is 0 Å². The Balaban J connectivity index is 2.05. The van der Waals surface area contributed by atoms with Gasteiger partial charge >= 0.3 is 0 Å². The second-order valence-electron chi connectivity index (χ2n) is 4.58. The Labute approximate surface area is 74.4 Å². The molecule has 2 N–H and O–H groups in total. The van der Waals surface area contributed by atoms with Crippen molar-refractivity contribution < 1.29 is 5.11 Å². The molecule has 1 saturated carbocycles. The summed E-state index contributed by atoms with van der Waals surface area (Å²) in [7, 11) is 0. The Morgan fingerprint density at radius 2 is 2.17 bits per heavy atom. The number of aliphatic hydroxyl groups excluding tert-OH is 1. The van der Waals surface area contributed by atoms with Gasteiger partial charge in [-0.05, 0) is 49.6 Å². The molecule has 1 aliphatic heterocycles. The Morgan fingerprint density at radius 1 is 1.33 bits per heavy atom. The Morgan fingerprint density at radius 3 is 2.92 bits per heavy atom. The first-order chi connectivity index (χ1) is 5.81. The van der Waals surface area contributed by atoms with Crippen LogP contribution in [0.5, 0.6) is 0 Å². The second kappa shape index (κ2) is 3.35. The normalized spacial score (nSPS) is 47.5. The van der Waals surface area contributed by atoms with Gasteiger partial charge in [0.1, 0.15) is 0 Å². The predicted octanol–water partition coefficient (Wildman–Crippen LogP) is 0.860. The van der Waals surface area contributed by atoms with Crippen molar-refractivity contribution in [3.05, 3.63) is 0 Å². The lowest BCUT2D eigenvalue weighted by Crippen LogP contribution is -2.47. The third-order valence-electron chi connectivity index (χ3n) is 3.73. The van der Waals surface area contributed by atoms with E-state index in [0.29, 0.717) is 12.5 Å². The Hall–Kier alpha value is -0.0800. The number of piperidine rings is 1. The summed E-state index contributed by atoms with van der Waals surface area (Å²) in [5.74, 6) is 2.94. The summed E-state index contributed by atoms with van der Waals surface area (Å²) < 4.78 is 0. The maximum Gasteiger partial charge on any atom is 0.0464 e. The maximum atomic E-state index is 9.25. The highest BCUT2D eigenvalue weighted by Gasteiger charge is 2.36. The first kappa shape index (κ1) is 8.52. The molecule has 4 atom stereocenters. The van der Waals surface area contributed by atoms with Gasteiger partial charge in [-0.25, -0.2) is 0 Å². The molecule has 0 radical (unpaired) electrons. The topological polar surface area (TPSA) is 32.3 Å². The molecule has 2 fully saturated rings. The van der Waals surface area contributed by atoms with E-state index in [1.807, 2.05) is 0 Å². The van der Waals surface area contributed by atoms with Crippen molar-refractivity contribution in [2.45, 2.75) is 19.8 Å². The molecule has 0 amide bonds. The van der Waals surface area contributed by atoms with Crippen molar-refractivity contribution in [1.29, 1.82) is 0 Å². The van der Waals surface area contributed by atoms with Crippen LogP contribution in [-0.4, -0.2) is 24.8 Å². The SMILES string of the molecule is C[C@@H]1C[C@@H]2CNC[C@@H](C2)[C@H]1CO. The van der Waals surface area contributed by atoms with Crippen molar-refractivity contribution in [3.63, 3.8) is 0 Å². The lowest BCUT2D eigenvalue weighted by molar-refractivity contribution is 0.0410. The van der Waals surface area contributed by atoms with Crippen LogP contribution in [0.4, 0.5) is 0 Å². The predicted molar refractivity (Wildman–Crippen MR) is 48.8 cm³/mol. The minimum atomic E-state index is 0.389. The fourth-order valence-electron chi connectivity index (χ4n) is 3.07. The lowest BCUT2D eigenvalue weighted by Gasteiger charge is -2.43. The van der Waals surface area contributed by atoms with Crippen LogP contribution in [0.2, 0.25) is 0 Å². The largest absolute Gasteiger partial charge is 0.396 e. The molecule has 1 saturated heterocycles. The molecule has 12 heavy (non-hydrogen) atoms. The highest BCUT2D eigenvalue weighted by Crippen LogP contribution is 2.39. The molecule has 1 aliphatic carbocycles. The molecular formula is C10H19NO. The number of hydrogen-bond donors (Lipinski definition) is 2. The average Bonchev–Trinajstić information content (AvgIpc) is 2.04. The number of fused-ring (bicyclic) bond motifs is 2. The third-order valence-corrected chi connectivity index (χ3v) is 3.73. The first-order valence-electron chi connectivity index (χ1n) is 5.13. The molecule has 70 valence electrons. The van der Waals surface area contributed by atoms with Gasteiger partial charge in [0.2, 0.25) is 0 Å². The number of aliphatic hydroxyl groups is 1. The zero-order chi connectivity index (χ0) is 8.55. The van der Waals surface area contributed by atoms with Gasteiger partial charge in [0, 0.05) is 6.61 Å². The summed E-state index contributed by atoms with van der Waals surface area (Å²) >= 11 is 0. The maximum absolute atomic E-state index is 9.25. The van der Waals surface area contributed by atoms with Crippen LogP contribution in [0.15, 0.2) is 0 Å². The highest BCUT2D eigenvalue weighted by atomic mass is 16.3. The summed E-state index contributed by atoms with van der Waals surface area (Å²) in [6.45, 7) is 5.02. The molecule has 0 aromatic rings. The first-order valence-corrected chi connectivity index (χ1v) is 5.13. The molecule has 2 heteroatoms. The van der Waals surface area contributed by atoms with Gasteiger partial charge in [0.05, 0.1) is 0 Å². The quantitative estimate of drug-likeness (QED) is 0.610. The molecule has 1 heterocycles. The van der Waals surface area contributed by atoms with Gasteiger partial charge in [-0.2, -0.15) is 0 Å². The van der Waals surface area contributed by atoms with Crippen LogP contribution in [-0.2, 0) is 0 Å². The van der Waals surface area contributed by atoms with Crippen molar-refractivity contribution in [2.24, 2.45) is 23.7 Å². The Bertz CT molecular complexity index is 158. The molecule has 0 aromatic heterocycles. The van der Waals surface area contributed by atoms with Crippen molar-refractivity contribution in [3.8, 4) is 0 Å². The standard InChI is InChI=1S/C10H19NO/c1-7-2-8-3-9(5-11-4-8)10(7)6-12/h7-12H,2-6H2,1H3/t7-,8+,9-,10+/m1/s1. The van der Waals surface area contributed by atoms with Gasteiger partial charge in [0.15, 0.2) is 0 Å². The van der Waals surface area contributed by atoms with Crippen molar-refractivity contribution >= 4 is 0 Å². The zero-order valence-electron chi connectivity index (χ0n) is 7.79. The molecule has 2 aliphatic rings. The lowest BCUT2D eigenvalue weighted by atomic mass is 9.67. The van der Waals surface area contributed by atoms with E-state index in [0.717, 1.165) is 24.3 Å². The van der Waals surface area contributed by atoms with Gasteiger partial charge < -0.3 is 10.4 Å². The smallest absolute Gasteiger partial charge is 0.0464 e. The van der Waals surface area contributed by atoms with Crippen LogP contribution in [0, 0.1) is 23.7 Å². The molecule has 2 rings (SSSR count). The molecule has 0 spiro atoms. The van der Waals surface area contributed by atoms with E-state index in [9.17, 15) is 5.11 Å². The van der Waals surface area contributed by atoms with E-state index in [2.05, 4.69) is 12.2 Å². The van der Waals surface area contributed by atoms with Crippen molar-refractivity contribution in [2.75, 3.05) is 19.7 Å². The molecule has 0 unspecified atom stereocenters. The van der Waals surface area contributed by atoms with Crippen molar-refractivity contribution in [1.82, 2.24) is 5.32 Å². The third kappa shape index (κ3) is 1.38. The summed E-state index contributed by atoms with van der Waals surface area (Å²) in [5, 5.41) is 12.7. The monoisotopic (exact) mass is 169 g/mol. The summed E-state index contributed by atoms with van der Waals surface area (Å²) in [6.07, 6.45) is 2.66. The van der Waals surface area contributed by atoms with E-state index in [-0.39, 0.29) is 0 Å². The molecule has 2 nitrogen and oxygen atoms in total. The minimum absolute atomic E-state index is 0.389. The fraction of sp³-hybridized carbons (Fsp3) is 1.00. The van der Waals surface area contributed by atoms with Gasteiger partial charge in [0.25, 0.3) is 0 Å². The van der Waals surface area contributed by atoms with Crippen LogP contribution in [0.1, 0.15) is 19.8 Å². The second-order valence-corrected chi connectivity index (χ2v) is 4.58. The van der Waals surface area contributed by atoms with Crippen LogP contribution in [0.25, 0.3) is 0 Å². The molecule has 0 aromatic carbocycles. The summed E-state index contributed by atoms with van der Waals surface area (Å²) in [4.78, 5) is 0. The van der Waals surface area contributed by atoms with E-state index in [1.165, 1.54) is 19.4 Å². The highest BCUT2D eigenvalue weighted by molar-refractivity contribution is 4.89. The molecule has 2 bridgehead atoms. The number of rotatable bonds is 1. The molecular weight excluding hydrogens is 150 g/mol. The van der Waals surface area contributed by atoms with E-state index in [1.54, 1.807) is 0 Å². The van der Waals surface area contributed by atoms with E-state index >= 15 is 0 Å². The number of nitrogens with one attached hydrogen (secondary N) is 1. The van der Waals surface area contributed by atoms with E-state index < -0.39 is 0 Å². The van der Waals surface area contributed by atoms with E-state index in [4.69, 9.17) is 0 Å².